The summed E-state index contributed by atoms with van der Waals surface area (Å²) in [6, 6.07) is 16.0. The van der Waals surface area contributed by atoms with Gasteiger partial charge in [-0.3, -0.25) is 9.89 Å². The van der Waals surface area contributed by atoms with Crippen molar-refractivity contribution >= 4 is 11.7 Å². The number of rotatable bonds is 6. The van der Waals surface area contributed by atoms with Gasteiger partial charge in [0.25, 0.3) is 5.91 Å². The van der Waals surface area contributed by atoms with Crippen molar-refractivity contribution in [1.29, 1.82) is 0 Å². The fourth-order valence-electron chi connectivity index (χ4n) is 3.68. The van der Waals surface area contributed by atoms with Crippen LogP contribution in [0.4, 0.5) is 10.2 Å². The molecule has 2 heterocycles. The number of anilines is 1. The third-order valence-electron chi connectivity index (χ3n) is 5.28. The second kappa shape index (κ2) is 8.98. The number of nitrogens with zero attached hydrogens (tertiary/aromatic N) is 2. The number of para-hydroxylation sites is 1. The van der Waals surface area contributed by atoms with E-state index < -0.39 is 0 Å². The molecule has 1 aliphatic heterocycles. The number of H-pyrrole nitrogens is 1. The fraction of sp³-hybridized carbons (Fsp3) is 0.304. The molecule has 30 heavy (non-hydrogen) atoms. The number of aryl methyl sites for hydroxylation is 1. The third-order valence-corrected chi connectivity index (χ3v) is 5.28. The van der Waals surface area contributed by atoms with Gasteiger partial charge in [-0.15, -0.1) is 0 Å². The van der Waals surface area contributed by atoms with Gasteiger partial charge in [0.05, 0.1) is 5.69 Å². The summed E-state index contributed by atoms with van der Waals surface area (Å²) in [4.78, 5) is 14.5. The van der Waals surface area contributed by atoms with Crippen LogP contribution in [0.3, 0.4) is 0 Å². The van der Waals surface area contributed by atoms with Gasteiger partial charge in [-0.1, -0.05) is 18.2 Å². The minimum Gasteiger partial charge on any atom is -0.484 e. The number of amides is 1. The van der Waals surface area contributed by atoms with E-state index in [1.165, 1.54) is 12.1 Å². The molecule has 1 atom stereocenters. The van der Waals surface area contributed by atoms with E-state index in [9.17, 15) is 9.18 Å². The first-order valence-electron chi connectivity index (χ1n) is 10.1. The van der Waals surface area contributed by atoms with Crippen molar-refractivity contribution in [2.45, 2.75) is 25.8 Å². The highest BCUT2D eigenvalue weighted by molar-refractivity contribution is 5.78. The Morgan fingerprint density at radius 1 is 1.27 bits per heavy atom. The van der Waals surface area contributed by atoms with Gasteiger partial charge in [0.2, 0.25) is 0 Å². The molecular formula is C23H25FN4O2. The molecule has 0 aliphatic carbocycles. The second-order valence-electron chi connectivity index (χ2n) is 7.55. The quantitative estimate of drug-likeness (QED) is 0.653. The number of piperidine rings is 1. The largest absolute Gasteiger partial charge is 0.484 e. The van der Waals surface area contributed by atoms with E-state index >= 15 is 0 Å². The molecule has 1 amide bonds. The average Bonchev–Trinajstić information content (AvgIpc) is 3.24. The number of halogens is 1. The molecular weight excluding hydrogens is 383 g/mol. The van der Waals surface area contributed by atoms with Crippen molar-refractivity contribution in [3.63, 3.8) is 0 Å². The molecule has 0 unspecified atom stereocenters. The van der Waals surface area contributed by atoms with E-state index in [1.807, 2.05) is 37.3 Å². The minimum atomic E-state index is -0.264. The van der Waals surface area contributed by atoms with Gasteiger partial charge in [0.1, 0.15) is 11.6 Å². The maximum Gasteiger partial charge on any atom is 0.258 e. The van der Waals surface area contributed by atoms with Crippen molar-refractivity contribution in [2.75, 3.05) is 24.6 Å². The van der Waals surface area contributed by atoms with Gasteiger partial charge in [-0.05, 0) is 61.2 Å². The van der Waals surface area contributed by atoms with Gasteiger partial charge in [0.15, 0.2) is 12.4 Å². The van der Waals surface area contributed by atoms with Gasteiger partial charge in [0, 0.05) is 25.2 Å². The summed E-state index contributed by atoms with van der Waals surface area (Å²) in [6.07, 6.45) is 1.88. The van der Waals surface area contributed by atoms with E-state index in [1.54, 1.807) is 12.1 Å². The monoisotopic (exact) mass is 408 g/mol. The Labute approximate surface area is 175 Å². The van der Waals surface area contributed by atoms with Crippen molar-refractivity contribution < 1.29 is 13.9 Å². The van der Waals surface area contributed by atoms with Crippen LogP contribution in [0.2, 0.25) is 0 Å². The highest BCUT2D eigenvalue weighted by Crippen LogP contribution is 2.24. The summed E-state index contributed by atoms with van der Waals surface area (Å²) >= 11 is 0. The Balaban J connectivity index is 1.32. The molecule has 2 N–H and O–H groups in total. The molecule has 1 saturated heterocycles. The Hall–Kier alpha value is -3.35. The molecule has 1 aliphatic rings. The van der Waals surface area contributed by atoms with Crippen LogP contribution in [0, 0.1) is 12.7 Å². The molecule has 0 spiro atoms. The van der Waals surface area contributed by atoms with Crippen molar-refractivity contribution in [2.24, 2.45) is 0 Å². The molecule has 0 saturated carbocycles. The molecule has 7 heteroatoms. The third kappa shape index (κ3) is 4.79. The summed E-state index contributed by atoms with van der Waals surface area (Å²) in [5, 5.41) is 10.5. The summed E-state index contributed by atoms with van der Waals surface area (Å²) in [5.74, 6) is 1.16. The van der Waals surface area contributed by atoms with Crippen LogP contribution in [0.25, 0.3) is 11.3 Å². The number of hydrogen-bond donors (Lipinski definition) is 2. The number of hydrogen-bond acceptors (Lipinski definition) is 4. The highest BCUT2D eigenvalue weighted by Gasteiger charge is 2.23. The number of carbonyl (C=O) groups excluding carboxylic acids is 1. The van der Waals surface area contributed by atoms with E-state index in [4.69, 9.17) is 4.74 Å². The maximum absolute atomic E-state index is 13.1. The Morgan fingerprint density at radius 3 is 2.87 bits per heavy atom. The van der Waals surface area contributed by atoms with E-state index in [-0.39, 0.29) is 24.4 Å². The number of nitrogens with one attached hydrogen (secondary N) is 2. The van der Waals surface area contributed by atoms with E-state index in [0.29, 0.717) is 6.54 Å². The van der Waals surface area contributed by atoms with E-state index in [0.717, 1.165) is 47.8 Å². The number of aromatic nitrogens is 2. The SMILES string of the molecule is Cc1ccccc1OCC(=O)N[C@@H]1CCCN(c2cc(-c3ccc(F)cc3)[nH]n2)C1. The Morgan fingerprint density at radius 2 is 2.07 bits per heavy atom. The molecule has 1 aromatic heterocycles. The topological polar surface area (TPSA) is 70.2 Å². The first-order valence-corrected chi connectivity index (χ1v) is 10.1. The fourth-order valence-corrected chi connectivity index (χ4v) is 3.68. The molecule has 1 fully saturated rings. The van der Waals surface area contributed by atoms with Crippen LogP contribution in [-0.4, -0.2) is 41.8 Å². The lowest BCUT2D eigenvalue weighted by molar-refractivity contribution is -0.123. The van der Waals surface area contributed by atoms with Crippen LogP contribution >= 0.6 is 0 Å². The predicted molar refractivity (Wildman–Crippen MR) is 114 cm³/mol. The molecule has 156 valence electrons. The second-order valence-corrected chi connectivity index (χ2v) is 7.55. The zero-order valence-corrected chi connectivity index (χ0v) is 16.9. The maximum atomic E-state index is 13.1. The Bertz CT molecular complexity index is 1000. The van der Waals surface area contributed by atoms with Crippen molar-refractivity contribution in [3.05, 3.63) is 66.0 Å². The highest BCUT2D eigenvalue weighted by atomic mass is 19.1. The number of benzene rings is 2. The normalized spacial score (nSPS) is 16.3. The summed E-state index contributed by atoms with van der Waals surface area (Å²) in [6.45, 7) is 3.51. The van der Waals surface area contributed by atoms with Gasteiger partial charge < -0.3 is 15.0 Å². The lowest BCUT2D eigenvalue weighted by Gasteiger charge is -2.33. The molecule has 2 aromatic carbocycles. The lowest BCUT2D eigenvalue weighted by atomic mass is 10.1. The molecule has 0 radical (unpaired) electrons. The van der Waals surface area contributed by atoms with Crippen molar-refractivity contribution in [3.8, 4) is 17.0 Å². The molecule has 4 rings (SSSR count). The summed E-state index contributed by atoms with van der Waals surface area (Å²) < 4.78 is 18.8. The van der Waals surface area contributed by atoms with Crippen LogP contribution in [0.15, 0.2) is 54.6 Å². The molecule has 3 aromatic rings. The standard InChI is InChI=1S/C23H25FN4O2/c1-16-5-2-3-7-21(16)30-15-23(29)25-19-6-4-12-28(14-19)22-13-20(26-27-22)17-8-10-18(24)11-9-17/h2-3,5,7-11,13,19H,4,6,12,14-15H2,1H3,(H,25,29)(H,26,27)/t19-/m1/s1. The van der Waals surface area contributed by atoms with Crippen LogP contribution < -0.4 is 15.0 Å². The first kappa shape index (κ1) is 19.9. The summed E-state index contributed by atoms with van der Waals surface area (Å²) in [7, 11) is 0. The predicted octanol–water partition coefficient (Wildman–Crippen LogP) is 3.69. The van der Waals surface area contributed by atoms with Gasteiger partial charge in [-0.2, -0.15) is 5.10 Å². The van der Waals surface area contributed by atoms with Crippen molar-refractivity contribution in [1.82, 2.24) is 15.5 Å². The number of ether oxygens (including phenoxy) is 1. The minimum absolute atomic E-state index is 0.00151. The zero-order valence-electron chi connectivity index (χ0n) is 16.9. The number of aromatic amines is 1. The van der Waals surface area contributed by atoms with E-state index in [2.05, 4.69) is 20.4 Å². The first-order chi connectivity index (χ1) is 14.6. The molecule has 6 nitrogen and oxygen atoms in total. The zero-order chi connectivity index (χ0) is 20.9. The smallest absolute Gasteiger partial charge is 0.258 e. The van der Waals surface area contributed by atoms with Crippen LogP contribution in [0.1, 0.15) is 18.4 Å². The van der Waals surface area contributed by atoms with Gasteiger partial charge >= 0.3 is 0 Å². The molecule has 0 bridgehead atoms. The van der Waals surface area contributed by atoms with Gasteiger partial charge in [-0.25, -0.2) is 4.39 Å². The number of carbonyl (C=O) groups is 1. The Kier molecular flexibility index (Phi) is 5.97. The van der Waals surface area contributed by atoms with Crippen LogP contribution in [0.5, 0.6) is 5.75 Å². The van der Waals surface area contributed by atoms with Crippen LogP contribution in [-0.2, 0) is 4.79 Å². The summed E-state index contributed by atoms with van der Waals surface area (Å²) in [5.41, 5.74) is 2.72. The lowest BCUT2D eigenvalue weighted by Crippen LogP contribution is -2.49. The average molecular weight is 408 g/mol.